The van der Waals surface area contributed by atoms with Gasteiger partial charge in [-0.25, -0.2) is 0 Å². The van der Waals surface area contributed by atoms with Crippen molar-refractivity contribution < 1.29 is 14.2 Å². The normalized spacial score (nSPS) is 16.3. The third-order valence-corrected chi connectivity index (χ3v) is 7.92. The fraction of sp³-hybridized carbons (Fsp3) is 0.176. The van der Waals surface area contributed by atoms with Crippen molar-refractivity contribution in [3.8, 4) is 28.7 Å². The molecule has 0 radical (unpaired) electrons. The molecule has 7 nitrogen and oxygen atoms in total. The summed E-state index contributed by atoms with van der Waals surface area (Å²) < 4.78 is 19.1. The van der Waals surface area contributed by atoms with Gasteiger partial charge in [-0.2, -0.15) is 0 Å². The molecule has 0 unspecified atom stereocenters. The van der Waals surface area contributed by atoms with Crippen molar-refractivity contribution in [2.24, 2.45) is 0 Å². The minimum atomic E-state index is -0.145. The molecular weight excluding hydrogens is 544 g/mol. The van der Waals surface area contributed by atoms with E-state index in [0.717, 1.165) is 57.0 Å². The molecule has 3 aromatic carbocycles. The van der Waals surface area contributed by atoms with Gasteiger partial charge in [0.1, 0.15) is 23.0 Å². The van der Waals surface area contributed by atoms with Crippen LogP contribution in [-0.2, 0) is 0 Å². The van der Waals surface area contributed by atoms with Gasteiger partial charge < -0.3 is 29.0 Å². The second-order valence-corrected chi connectivity index (χ2v) is 10.5. The Hall–Kier alpha value is -4.82. The molecule has 2 aromatic heterocycles. The summed E-state index contributed by atoms with van der Waals surface area (Å²) in [7, 11) is 3.34. The molecule has 1 N–H and O–H groups in total. The largest absolute Gasteiger partial charge is 0.497 e. The first-order chi connectivity index (χ1) is 20.5. The molecule has 3 heterocycles. The number of anilines is 1. The highest BCUT2D eigenvalue weighted by Crippen LogP contribution is 2.44. The van der Waals surface area contributed by atoms with Crippen molar-refractivity contribution in [2.45, 2.75) is 25.9 Å². The first-order valence-electron chi connectivity index (χ1n) is 13.7. The molecule has 0 spiro atoms. The molecule has 0 amide bonds. The van der Waals surface area contributed by atoms with Crippen molar-refractivity contribution in [3.05, 3.63) is 126 Å². The molecule has 0 bridgehead atoms. The van der Waals surface area contributed by atoms with Gasteiger partial charge in [0, 0.05) is 35.0 Å². The lowest BCUT2D eigenvalue weighted by molar-refractivity contribution is 0.413. The van der Waals surface area contributed by atoms with Gasteiger partial charge in [0.2, 0.25) is 0 Å². The molecule has 1 aliphatic heterocycles. The number of hydrogen-bond donors (Lipinski definition) is 1. The molecule has 1 fully saturated rings. The number of benzene rings is 3. The van der Waals surface area contributed by atoms with E-state index in [1.807, 2.05) is 85.1 Å². The summed E-state index contributed by atoms with van der Waals surface area (Å²) in [6.45, 7) is 4.28. The Morgan fingerprint density at radius 1 is 0.738 bits per heavy atom. The molecule has 6 rings (SSSR count). The summed E-state index contributed by atoms with van der Waals surface area (Å²) in [5, 5.41) is 4.21. The zero-order chi connectivity index (χ0) is 29.2. The summed E-state index contributed by atoms with van der Waals surface area (Å²) in [6, 6.07) is 31.6. The number of nitrogens with one attached hydrogen (secondary N) is 1. The zero-order valence-corrected chi connectivity index (χ0v) is 24.8. The van der Waals surface area contributed by atoms with E-state index in [1.165, 1.54) is 0 Å². The number of nitrogens with zero attached hydrogens (tertiary/aromatic N) is 3. The number of pyridine rings is 1. The van der Waals surface area contributed by atoms with Crippen LogP contribution >= 0.6 is 12.2 Å². The Balaban J connectivity index is 1.39. The number of methoxy groups -OCH3 is 2. The predicted molar refractivity (Wildman–Crippen MR) is 169 cm³/mol. The van der Waals surface area contributed by atoms with Crippen LogP contribution in [0.2, 0.25) is 0 Å². The Labute approximate surface area is 251 Å². The lowest BCUT2D eigenvalue weighted by Crippen LogP contribution is -2.29. The third kappa shape index (κ3) is 5.17. The molecule has 5 aromatic rings. The highest BCUT2D eigenvalue weighted by molar-refractivity contribution is 7.80. The molecule has 1 saturated heterocycles. The minimum Gasteiger partial charge on any atom is -0.497 e. The monoisotopic (exact) mass is 576 g/mol. The molecule has 0 saturated carbocycles. The highest BCUT2D eigenvalue weighted by atomic mass is 32.1. The van der Waals surface area contributed by atoms with E-state index < -0.39 is 0 Å². The molecule has 42 heavy (non-hydrogen) atoms. The summed E-state index contributed by atoms with van der Waals surface area (Å²) in [4.78, 5) is 6.90. The summed E-state index contributed by atoms with van der Waals surface area (Å²) in [6.07, 6.45) is 1.82. The number of thiocarbonyl (C=S) groups is 1. The standard InChI is InChI=1S/C34H32N4O3S/c1-22-20-30(23(2)37(22)25-8-7-9-29(21-25)40-4)33-32(31-10-5-6-19-35-31)36-34(42)38(33)24-11-13-27(14-12-24)41-28-17-15-26(39-3)16-18-28/h5-21,32-33H,1-4H3,(H,36,42)/t32-,33-/m1/s1. The molecule has 1 aliphatic rings. The lowest BCUT2D eigenvalue weighted by Gasteiger charge is -2.28. The number of rotatable bonds is 8. The van der Waals surface area contributed by atoms with Gasteiger partial charge in [-0.05, 0) is 110 Å². The van der Waals surface area contributed by atoms with Gasteiger partial charge in [0.25, 0.3) is 0 Å². The van der Waals surface area contributed by atoms with Gasteiger partial charge >= 0.3 is 0 Å². The van der Waals surface area contributed by atoms with Gasteiger partial charge in [0.15, 0.2) is 5.11 Å². The number of hydrogen-bond acceptors (Lipinski definition) is 5. The van der Waals surface area contributed by atoms with Crippen molar-refractivity contribution >= 4 is 23.0 Å². The number of ether oxygens (including phenoxy) is 3. The molecule has 2 atom stereocenters. The van der Waals surface area contributed by atoms with Crippen LogP contribution in [0.4, 0.5) is 5.69 Å². The Morgan fingerprint density at radius 2 is 1.43 bits per heavy atom. The first-order valence-corrected chi connectivity index (χ1v) is 14.1. The van der Waals surface area contributed by atoms with Gasteiger partial charge in [-0.3, -0.25) is 4.98 Å². The molecule has 8 heteroatoms. The van der Waals surface area contributed by atoms with Crippen LogP contribution in [0.1, 0.15) is 34.7 Å². The second kappa shape index (κ2) is 11.6. The van der Waals surface area contributed by atoms with Crippen LogP contribution in [-0.4, -0.2) is 28.9 Å². The lowest BCUT2D eigenvalue weighted by atomic mass is 9.96. The predicted octanol–water partition coefficient (Wildman–Crippen LogP) is 7.48. The molecular formula is C34H32N4O3S. The van der Waals surface area contributed by atoms with E-state index in [0.29, 0.717) is 5.11 Å². The topological polar surface area (TPSA) is 60.8 Å². The SMILES string of the molecule is COc1ccc(Oc2ccc(N3C(=S)N[C@H](c4ccccn4)[C@H]3c3cc(C)n(-c4cccc(OC)c4)c3C)cc2)cc1. The van der Waals surface area contributed by atoms with Gasteiger partial charge in [-0.1, -0.05) is 12.1 Å². The van der Waals surface area contributed by atoms with Crippen molar-refractivity contribution in [3.63, 3.8) is 0 Å². The minimum absolute atomic E-state index is 0.133. The van der Waals surface area contributed by atoms with Crippen molar-refractivity contribution in [1.82, 2.24) is 14.9 Å². The average molecular weight is 577 g/mol. The Morgan fingerprint density at radius 3 is 2.10 bits per heavy atom. The second-order valence-electron chi connectivity index (χ2n) is 10.1. The van der Waals surface area contributed by atoms with Crippen molar-refractivity contribution in [2.75, 3.05) is 19.1 Å². The van der Waals surface area contributed by atoms with E-state index in [1.54, 1.807) is 14.2 Å². The van der Waals surface area contributed by atoms with Crippen molar-refractivity contribution in [1.29, 1.82) is 0 Å². The number of aryl methyl sites for hydroxylation is 1. The van der Waals surface area contributed by atoms with Crippen LogP contribution in [0.3, 0.4) is 0 Å². The van der Waals surface area contributed by atoms with Gasteiger partial charge in [-0.15, -0.1) is 0 Å². The summed E-state index contributed by atoms with van der Waals surface area (Å²) >= 11 is 5.97. The quantitative estimate of drug-likeness (QED) is 0.192. The zero-order valence-electron chi connectivity index (χ0n) is 23.9. The Kier molecular flexibility index (Phi) is 7.54. The first kappa shape index (κ1) is 27.4. The smallest absolute Gasteiger partial charge is 0.174 e. The molecule has 212 valence electrons. The molecule has 0 aliphatic carbocycles. The number of aromatic nitrogens is 2. The van der Waals surface area contributed by atoms with Gasteiger partial charge in [0.05, 0.1) is 32.0 Å². The van der Waals surface area contributed by atoms with E-state index >= 15 is 0 Å². The van der Waals surface area contributed by atoms with E-state index in [9.17, 15) is 0 Å². The third-order valence-electron chi connectivity index (χ3n) is 7.61. The van der Waals surface area contributed by atoms with Crippen LogP contribution < -0.4 is 24.4 Å². The highest BCUT2D eigenvalue weighted by Gasteiger charge is 2.42. The maximum Gasteiger partial charge on any atom is 0.174 e. The van der Waals surface area contributed by atoms with Crippen LogP contribution in [0.15, 0.2) is 103 Å². The van der Waals surface area contributed by atoms with E-state index in [2.05, 4.69) is 46.8 Å². The van der Waals surface area contributed by atoms with E-state index in [4.69, 9.17) is 31.4 Å². The fourth-order valence-corrected chi connectivity index (χ4v) is 5.98. The van der Waals surface area contributed by atoms with E-state index in [-0.39, 0.29) is 12.1 Å². The van der Waals surface area contributed by atoms with Crippen LogP contribution in [0, 0.1) is 13.8 Å². The fourth-order valence-electron chi connectivity index (χ4n) is 5.64. The summed E-state index contributed by atoms with van der Waals surface area (Å²) in [5.41, 5.74) is 6.35. The average Bonchev–Trinajstić information content (AvgIpc) is 3.52. The maximum atomic E-state index is 6.08. The van der Waals surface area contributed by atoms with Crippen LogP contribution in [0.5, 0.6) is 23.0 Å². The summed E-state index contributed by atoms with van der Waals surface area (Å²) in [5.74, 6) is 3.07. The van der Waals surface area contributed by atoms with Crippen LogP contribution in [0.25, 0.3) is 5.69 Å². The Bertz CT molecular complexity index is 1700. The maximum absolute atomic E-state index is 6.08.